The first-order valence-electron chi connectivity index (χ1n) is 11.3. The van der Waals surface area contributed by atoms with Crippen LogP contribution in [0.15, 0.2) is 30.6 Å². The maximum Gasteiger partial charge on any atom is 0.229 e. The molecule has 5 rings (SSSR count). The lowest BCUT2D eigenvalue weighted by atomic mass is 9.95. The highest BCUT2D eigenvalue weighted by Crippen LogP contribution is 2.33. The maximum atomic E-state index is 13.2. The van der Waals surface area contributed by atoms with Gasteiger partial charge in [0.25, 0.3) is 0 Å². The highest BCUT2D eigenvalue weighted by Gasteiger charge is 2.30. The summed E-state index contributed by atoms with van der Waals surface area (Å²) in [4.78, 5) is 20.2. The van der Waals surface area contributed by atoms with Gasteiger partial charge in [-0.2, -0.15) is 5.10 Å². The number of hydrogen-bond acceptors (Lipinski definition) is 6. The number of aromatic nitrogens is 3. The molecule has 8 heteroatoms. The third-order valence-corrected chi connectivity index (χ3v) is 6.55. The van der Waals surface area contributed by atoms with Gasteiger partial charge in [0.2, 0.25) is 5.91 Å². The van der Waals surface area contributed by atoms with Crippen LogP contribution in [0.25, 0.3) is 5.52 Å². The van der Waals surface area contributed by atoms with Crippen LogP contribution in [0.4, 0.5) is 11.5 Å². The normalized spacial score (nSPS) is 18.3. The van der Waals surface area contributed by atoms with Gasteiger partial charge in [0.05, 0.1) is 31.5 Å². The highest BCUT2D eigenvalue weighted by molar-refractivity contribution is 5.94. The molecule has 1 aromatic carbocycles. The number of carbonyl (C=O) groups is 1. The van der Waals surface area contributed by atoms with Crippen molar-refractivity contribution in [2.24, 2.45) is 5.92 Å². The molecule has 32 heavy (non-hydrogen) atoms. The molecule has 1 amide bonds. The van der Waals surface area contributed by atoms with Gasteiger partial charge in [0.1, 0.15) is 17.0 Å². The van der Waals surface area contributed by atoms with Gasteiger partial charge in [0.15, 0.2) is 5.82 Å². The predicted molar refractivity (Wildman–Crippen MR) is 123 cm³/mol. The van der Waals surface area contributed by atoms with Gasteiger partial charge in [-0.3, -0.25) is 4.79 Å². The average Bonchev–Trinajstić information content (AvgIpc) is 3.23. The van der Waals surface area contributed by atoms with Gasteiger partial charge in [-0.25, -0.2) is 9.50 Å². The molecule has 0 unspecified atom stereocenters. The van der Waals surface area contributed by atoms with E-state index in [0.717, 1.165) is 43.6 Å². The maximum absolute atomic E-state index is 13.2. The van der Waals surface area contributed by atoms with Crippen molar-refractivity contribution in [2.45, 2.75) is 38.5 Å². The highest BCUT2D eigenvalue weighted by atomic mass is 16.5. The molecule has 0 bridgehead atoms. The second-order valence-electron chi connectivity index (χ2n) is 8.52. The third kappa shape index (κ3) is 3.74. The molecule has 0 spiro atoms. The Morgan fingerprint density at radius 3 is 2.88 bits per heavy atom. The smallest absolute Gasteiger partial charge is 0.229 e. The molecule has 168 valence electrons. The number of nitrogens with one attached hydrogen (secondary N) is 1. The number of methoxy groups -OCH3 is 2. The zero-order valence-electron chi connectivity index (χ0n) is 18.6. The van der Waals surface area contributed by atoms with Crippen molar-refractivity contribution in [3.05, 3.63) is 41.9 Å². The number of fused-ring (bicyclic) bond motifs is 3. The minimum atomic E-state index is -0.138. The van der Waals surface area contributed by atoms with E-state index in [-0.39, 0.29) is 11.8 Å². The van der Waals surface area contributed by atoms with Crippen LogP contribution in [-0.4, -0.2) is 47.8 Å². The van der Waals surface area contributed by atoms with E-state index in [0.29, 0.717) is 23.7 Å². The zero-order chi connectivity index (χ0) is 22.1. The summed E-state index contributed by atoms with van der Waals surface area (Å²) < 4.78 is 12.7. The SMILES string of the molecule is COc1ccc(OC)c(NC(=O)[C@@H]2CCCN(c3nccn4nc5c(c34)CCCC5)C2)c1. The Hall–Kier alpha value is -3.29. The minimum absolute atomic E-state index is 0.0104. The molecule has 0 saturated carbocycles. The quantitative estimate of drug-likeness (QED) is 0.661. The Labute approximate surface area is 187 Å². The fourth-order valence-corrected chi connectivity index (χ4v) is 4.91. The summed E-state index contributed by atoms with van der Waals surface area (Å²) in [6.45, 7) is 1.52. The molecular formula is C24H29N5O3. The van der Waals surface area contributed by atoms with Crippen LogP contribution in [0.1, 0.15) is 36.9 Å². The molecule has 0 radical (unpaired) electrons. The molecule has 8 nitrogen and oxygen atoms in total. The summed E-state index contributed by atoms with van der Waals surface area (Å²) in [7, 11) is 3.20. The summed E-state index contributed by atoms with van der Waals surface area (Å²) in [6.07, 6.45) is 9.98. The lowest BCUT2D eigenvalue weighted by Gasteiger charge is -2.33. The van der Waals surface area contributed by atoms with Crippen LogP contribution in [0, 0.1) is 5.92 Å². The van der Waals surface area contributed by atoms with Crippen LogP contribution in [-0.2, 0) is 17.6 Å². The van der Waals surface area contributed by atoms with Crippen molar-refractivity contribution in [3.63, 3.8) is 0 Å². The number of aryl methyl sites for hydroxylation is 2. The summed E-state index contributed by atoms with van der Waals surface area (Å²) in [5.41, 5.74) is 4.26. The minimum Gasteiger partial charge on any atom is -0.497 e. The van der Waals surface area contributed by atoms with E-state index in [9.17, 15) is 4.79 Å². The average molecular weight is 436 g/mol. The van der Waals surface area contributed by atoms with Crippen molar-refractivity contribution in [2.75, 3.05) is 37.5 Å². The molecule has 1 saturated heterocycles. The predicted octanol–water partition coefficient (Wildman–Crippen LogP) is 3.48. The third-order valence-electron chi connectivity index (χ3n) is 6.55. The first-order valence-corrected chi connectivity index (χ1v) is 11.3. The number of rotatable bonds is 5. The van der Waals surface area contributed by atoms with E-state index in [4.69, 9.17) is 19.6 Å². The van der Waals surface area contributed by atoms with Gasteiger partial charge >= 0.3 is 0 Å². The molecule has 1 fully saturated rings. The van der Waals surface area contributed by atoms with E-state index >= 15 is 0 Å². The zero-order valence-corrected chi connectivity index (χ0v) is 18.6. The largest absolute Gasteiger partial charge is 0.497 e. The van der Waals surface area contributed by atoms with Crippen molar-refractivity contribution < 1.29 is 14.3 Å². The molecule has 1 atom stereocenters. The summed E-state index contributed by atoms with van der Waals surface area (Å²) in [6, 6.07) is 5.41. The van der Waals surface area contributed by atoms with E-state index in [1.54, 1.807) is 26.4 Å². The van der Waals surface area contributed by atoms with Gasteiger partial charge < -0.3 is 19.7 Å². The van der Waals surface area contributed by atoms with Crippen LogP contribution in [0.2, 0.25) is 0 Å². The number of anilines is 2. The Morgan fingerprint density at radius 1 is 1.16 bits per heavy atom. The van der Waals surface area contributed by atoms with Crippen molar-refractivity contribution in [1.82, 2.24) is 14.6 Å². The number of nitrogens with zero attached hydrogens (tertiary/aromatic N) is 4. The van der Waals surface area contributed by atoms with Gasteiger partial charge in [-0.1, -0.05) is 0 Å². The van der Waals surface area contributed by atoms with Gasteiger partial charge in [-0.15, -0.1) is 0 Å². The Kier molecular flexibility index (Phi) is 5.59. The summed E-state index contributed by atoms with van der Waals surface area (Å²) in [5, 5.41) is 7.85. The first-order chi connectivity index (χ1) is 15.7. The van der Waals surface area contributed by atoms with E-state index in [1.807, 2.05) is 23.0 Å². The Bertz CT molecular complexity index is 1140. The van der Waals surface area contributed by atoms with Gasteiger partial charge in [-0.05, 0) is 50.7 Å². The monoisotopic (exact) mass is 435 g/mol. The van der Waals surface area contributed by atoms with Crippen LogP contribution in [0.3, 0.4) is 0 Å². The molecular weight excluding hydrogens is 406 g/mol. The molecule has 1 aliphatic carbocycles. The molecule has 1 aliphatic heterocycles. The standard InChI is InChI=1S/C24H29N5O3/c1-31-17-9-10-21(32-2)20(14-17)26-24(30)16-6-5-12-28(15-16)23-22-18-7-3-4-8-19(18)27-29(22)13-11-25-23/h9-11,13-14,16H,3-8,12,15H2,1-2H3,(H,26,30)/t16-/m1/s1. The molecule has 1 N–H and O–H groups in total. The fraction of sp³-hybridized carbons (Fsp3) is 0.458. The number of amides is 1. The van der Waals surface area contributed by atoms with E-state index < -0.39 is 0 Å². The van der Waals surface area contributed by atoms with Gasteiger partial charge in [0, 0.05) is 37.1 Å². The fourth-order valence-electron chi connectivity index (χ4n) is 4.91. The van der Waals surface area contributed by atoms with Crippen LogP contribution in [0.5, 0.6) is 11.5 Å². The summed E-state index contributed by atoms with van der Waals surface area (Å²) in [5.74, 6) is 2.08. The molecule has 2 aliphatic rings. The van der Waals surface area contributed by atoms with Crippen molar-refractivity contribution in [3.8, 4) is 11.5 Å². The number of hydrogen-bond donors (Lipinski definition) is 1. The van der Waals surface area contributed by atoms with Crippen molar-refractivity contribution in [1.29, 1.82) is 0 Å². The second-order valence-corrected chi connectivity index (χ2v) is 8.52. The lowest BCUT2D eigenvalue weighted by Crippen LogP contribution is -2.41. The number of benzene rings is 1. The first kappa shape index (κ1) is 20.6. The molecule has 2 aromatic heterocycles. The van der Waals surface area contributed by atoms with E-state index in [2.05, 4.69) is 10.2 Å². The molecule has 3 aromatic rings. The van der Waals surface area contributed by atoms with Crippen LogP contribution < -0.4 is 19.7 Å². The van der Waals surface area contributed by atoms with E-state index in [1.165, 1.54) is 24.1 Å². The Morgan fingerprint density at radius 2 is 2.03 bits per heavy atom. The number of piperidine rings is 1. The number of carbonyl (C=O) groups excluding carboxylic acids is 1. The molecule has 3 heterocycles. The summed E-state index contributed by atoms with van der Waals surface area (Å²) >= 11 is 0. The van der Waals surface area contributed by atoms with Crippen molar-refractivity contribution >= 4 is 22.9 Å². The van der Waals surface area contributed by atoms with Crippen LogP contribution >= 0.6 is 0 Å². The lowest BCUT2D eigenvalue weighted by molar-refractivity contribution is -0.120. The number of ether oxygens (including phenoxy) is 2. The Balaban J connectivity index is 1.39. The topological polar surface area (TPSA) is 81.0 Å². The second kappa shape index (κ2) is 8.68.